The predicted molar refractivity (Wildman–Crippen MR) is 96.8 cm³/mol. The molecule has 0 bridgehead atoms. The SMILES string of the molecule is O=C(O)CSc1ccc(Cl)cc1NS(=O)(=O)c1cc2ccccc2o1. The summed E-state index contributed by atoms with van der Waals surface area (Å²) in [4.78, 5) is 11.2. The highest BCUT2D eigenvalue weighted by atomic mass is 35.5. The molecule has 2 aromatic carbocycles. The third-order valence-corrected chi connectivity index (χ3v) is 5.72. The number of para-hydroxylation sites is 1. The molecule has 1 heterocycles. The Hall–Kier alpha value is -2.16. The van der Waals surface area contributed by atoms with E-state index in [4.69, 9.17) is 21.1 Å². The number of carboxylic acid groups (broad SMARTS) is 1. The number of carboxylic acids is 1. The Morgan fingerprint density at radius 3 is 2.68 bits per heavy atom. The second-order valence-corrected chi connectivity index (χ2v) is 8.10. The normalized spacial score (nSPS) is 11.6. The fourth-order valence-electron chi connectivity index (χ4n) is 2.13. The van der Waals surface area contributed by atoms with Crippen molar-refractivity contribution in [3.8, 4) is 0 Å². The number of benzene rings is 2. The van der Waals surface area contributed by atoms with Gasteiger partial charge in [-0.3, -0.25) is 9.52 Å². The van der Waals surface area contributed by atoms with Gasteiger partial charge in [0.05, 0.1) is 11.4 Å². The fraction of sp³-hybridized carbons (Fsp3) is 0.0625. The van der Waals surface area contributed by atoms with Crippen LogP contribution in [0.5, 0.6) is 0 Å². The molecule has 0 saturated carbocycles. The van der Waals surface area contributed by atoms with Gasteiger partial charge in [-0.1, -0.05) is 29.8 Å². The molecule has 0 aliphatic heterocycles. The zero-order valence-corrected chi connectivity index (χ0v) is 15.0. The summed E-state index contributed by atoms with van der Waals surface area (Å²) in [5.41, 5.74) is 0.647. The number of thioether (sulfide) groups is 1. The predicted octanol–water partition coefficient (Wildman–Crippen LogP) is 4.06. The van der Waals surface area contributed by atoms with Crippen molar-refractivity contribution in [2.75, 3.05) is 10.5 Å². The number of furan rings is 1. The van der Waals surface area contributed by atoms with Gasteiger partial charge in [0, 0.05) is 21.4 Å². The van der Waals surface area contributed by atoms with Crippen molar-refractivity contribution >= 4 is 56.0 Å². The highest BCUT2D eigenvalue weighted by Gasteiger charge is 2.21. The van der Waals surface area contributed by atoms with Crippen LogP contribution < -0.4 is 4.72 Å². The summed E-state index contributed by atoms with van der Waals surface area (Å²) in [6.07, 6.45) is 0. The molecule has 6 nitrogen and oxygen atoms in total. The lowest BCUT2D eigenvalue weighted by molar-refractivity contribution is -0.133. The summed E-state index contributed by atoms with van der Waals surface area (Å²) >= 11 is 6.92. The molecule has 0 amide bonds. The first kappa shape index (κ1) is 17.7. The van der Waals surface area contributed by atoms with Crippen LogP contribution in [0.25, 0.3) is 11.0 Å². The van der Waals surface area contributed by atoms with Crippen molar-refractivity contribution in [3.63, 3.8) is 0 Å². The van der Waals surface area contributed by atoms with Gasteiger partial charge in [-0.05, 0) is 24.3 Å². The first-order valence-electron chi connectivity index (χ1n) is 7.01. The van der Waals surface area contributed by atoms with Gasteiger partial charge >= 0.3 is 5.97 Å². The Kier molecular flexibility index (Phi) is 4.94. The average Bonchev–Trinajstić information content (AvgIpc) is 2.98. The summed E-state index contributed by atoms with van der Waals surface area (Å²) in [5.74, 6) is -1.22. The molecule has 0 fully saturated rings. The quantitative estimate of drug-likeness (QED) is 0.609. The minimum Gasteiger partial charge on any atom is -0.481 e. The third kappa shape index (κ3) is 4.09. The molecule has 1 aromatic heterocycles. The minimum absolute atomic E-state index is 0.194. The van der Waals surface area contributed by atoms with E-state index in [1.165, 1.54) is 12.1 Å². The Morgan fingerprint density at radius 2 is 1.96 bits per heavy atom. The number of rotatable bonds is 6. The number of sulfonamides is 1. The highest BCUT2D eigenvalue weighted by molar-refractivity contribution is 8.00. The van der Waals surface area contributed by atoms with Crippen LogP contribution in [-0.4, -0.2) is 25.2 Å². The Morgan fingerprint density at radius 1 is 1.20 bits per heavy atom. The molecule has 3 aromatic rings. The molecule has 0 aliphatic rings. The third-order valence-electron chi connectivity index (χ3n) is 3.20. The lowest BCUT2D eigenvalue weighted by atomic mass is 10.3. The van der Waals surface area contributed by atoms with Crippen molar-refractivity contribution in [2.24, 2.45) is 0 Å². The molecule has 0 unspecified atom stereocenters. The molecule has 9 heteroatoms. The van der Waals surface area contributed by atoms with Crippen LogP contribution >= 0.6 is 23.4 Å². The first-order chi connectivity index (χ1) is 11.8. The van der Waals surface area contributed by atoms with E-state index in [1.54, 1.807) is 36.4 Å². The van der Waals surface area contributed by atoms with Crippen molar-refractivity contribution in [3.05, 3.63) is 53.6 Å². The summed E-state index contributed by atoms with van der Waals surface area (Å²) in [6.45, 7) is 0. The van der Waals surface area contributed by atoms with E-state index in [1.807, 2.05) is 0 Å². The zero-order valence-electron chi connectivity index (χ0n) is 12.6. The van der Waals surface area contributed by atoms with Crippen LogP contribution in [0.2, 0.25) is 5.02 Å². The molecular formula is C16H12ClNO5S2. The van der Waals surface area contributed by atoms with E-state index in [0.717, 1.165) is 11.8 Å². The van der Waals surface area contributed by atoms with Crippen molar-refractivity contribution in [1.29, 1.82) is 0 Å². The molecule has 25 heavy (non-hydrogen) atoms. The van der Waals surface area contributed by atoms with Gasteiger partial charge in [-0.15, -0.1) is 11.8 Å². The molecule has 0 spiro atoms. The Balaban J connectivity index is 1.94. The van der Waals surface area contributed by atoms with E-state index in [2.05, 4.69) is 4.72 Å². The number of fused-ring (bicyclic) bond motifs is 1. The van der Waals surface area contributed by atoms with Crippen LogP contribution in [0.15, 0.2) is 62.9 Å². The van der Waals surface area contributed by atoms with Crippen molar-refractivity contribution in [2.45, 2.75) is 9.99 Å². The van der Waals surface area contributed by atoms with Gasteiger partial charge in [0.2, 0.25) is 5.09 Å². The minimum atomic E-state index is -3.99. The molecule has 0 radical (unpaired) electrons. The van der Waals surface area contributed by atoms with Crippen LogP contribution in [0.4, 0.5) is 5.69 Å². The second kappa shape index (κ2) is 6.99. The molecule has 0 aliphatic carbocycles. The number of halogens is 1. The maximum atomic E-state index is 12.6. The number of anilines is 1. The molecule has 0 atom stereocenters. The van der Waals surface area contributed by atoms with Crippen LogP contribution in [-0.2, 0) is 14.8 Å². The Labute approximate surface area is 152 Å². The van der Waals surface area contributed by atoms with E-state index >= 15 is 0 Å². The second-order valence-electron chi connectivity index (χ2n) is 5.03. The fourth-order valence-corrected chi connectivity index (χ4v) is 4.12. The topological polar surface area (TPSA) is 96.6 Å². The smallest absolute Gasteiger partial charge is 0.313 e. The van der Waals surface area contributed by atoms with Crippen LogP contribution in [0, 0.1) is 0 Å². The maximum Gasteiger partial charge on any atom is 0.313 e. The van der Waals surface area contributed by atoms with Gasteiger partial charge in [0.15, 0.2) is 0 Å². The number of aliphatic carboxylic acids is 1. The van der Waals surface area contributed by atoms with Crippen LogP contribution in [0.1, 0.15) is 0 Å². The van der Waals surface area contributed by atoms with Crippen molar-refractivity contribution < 1.29 is 22.7 Å². The molecule has 130 valence electrons. The van der Waals surface area contributed by atoms with Gasteiger partial charge < -0.3 is 9.52 Å². The van der Waals surface area contributed by atoms with Crippen molar-refractivity contribution in [1.82, 2.24) is 0 Å². The zero-order chi connectivity index (χ0) is 18.0. The Bertz CT molecular complexity index is 1010. The van der Waals surface area contributed by atoms with Gasteiger partial charge in [-0.25, -0.2) is 0 Å². The van der Waals surface area contributed by atoms with E-state index in [-0.39, 0.29) is 16.5 Å². The molecular weight excluding hydrogens is 386 g/mol. The van der Waals surface area contributed by atoms with Gasteiger partial charge in [-0.2, -0.15) is 8.42 Å². The number of hydrogen-bond acceptors (Lipinski definition) is 5. The molecule has 2 N–H and O–H groups in total. The molecule has 3 rings (SSSR count). The standard InChI is InChI=1S/C16H12ClNO5S2/c17-11-5-6-14(24-9-15(19)20)12(8-11)18-25(21,22)16-7-10-3-1-2-4-13(10)23-16/h1-8,18H,9H2,(H,19,20). The largest absolute Gasteiger partial charge is 0.481 e. The van der Waals surface area contributed by atoms with Gasteiger partial charge in [0.1, 0.15) is 5.58 Å². The summed E-state index contributed by atoms with van der Waals surface area (Å²) in [5, 5.41) is 9.56. The molecule has 0 saturated heterocycles. The van der Waals surface area contributed by atoms with Gasteiger partial charge in [0.25, 0.3) is 10.0 Å². The average molecular weight is 398 g/mol. The summed E-state index contributed by atoms with van der Waals surface area (Å²) in [7, 11) is -3.99. The van der Waals surface area contributed by atoms with E-state index < -0.39 is 16.0 Å². The monoisotopic (exact) mass is 397 g/mol. The number of carbonyl (C=O) groups is 1. The summed E-state index contributed by atoms with van der Waals surface area (Å²) < 4.78 is 33.0. The lowest BCUT2D eigenvalue weighted by Gasteiger charge is -2.11. The lowest BCUT2D eigenvalue weighted by Crippen LogP contribution is -2.13. The maximum absolute atomic E-state index is 12.6. The summed E-state index contributed by atoms with van der Waals surface area (Å²) in [6, 6.07) is 12.9. The highest BCUT2D eigenvalue weighted by Crippen LogP contribution is 2.32. The number of nitrogens with one attached hydrogen (secondary N) is 1. The first-order valence-corrected chi connectivity index (χ1v) is 9.85. The van der Waals surface area contributed by atoms with Crippen LogP contribution in [0.3, 0.4) is 0 Å². The number of hydrogen-bond donors (Lipinski definition) is 2. The van der Waals surface area contributed by atoms with E-state index in [0.29, 0.717) is 20.9 Å². The van der Waals surface area contributed by atoms with E-state index in [9.17, 15) is 13.2 Å².